The molecule has 0 fully saturated rings. The predicted molar refractivity (Wildman–Crippen MR) is 61.1 cm³/mol. The van der Waals surface area contributed by atoms with E-state index in [2.05, 4.69) is 4.98 Å². The first kappa shape index (κ1) is 9.99. The van der Waals surface area contributed by atoms with Gasteiger partial charge < -0.3 is 5.11 Å². The molecule has 3 heteroatoms. The van der Waals surface area contributed by atoms with Crippen LogP contribution in [-0.2, 0) is 0 Å². The highest BCUT2D eigenvalue weighted by Gasteiger charge is 2.10. The second kappa shape index (κ2) is 3.91. The second-order valence-corrected chi connectivity index (χ2v) is 3.69. The van der Waals surface area contributed by atoms with Crippen LogP contribution in [0.1, 0.15) is 5.56 Å². The Kier molecular flexibility index (Phi) is 2.60. The van der Waals surface area contributed by atoms with Crippen LogP contribution in [0.5, 0.6) is 5.75 Å². The zero-order chi connectivity index (χ0) is 10.8. The first-order valence-electron chi connectivity index (χ1n) is 4.59. The molecule has 2 nitrogen and oxygen atoms in total. The Hall–Kier alpha value is -1.54. The first-order valence-corrected chi connectivity index (χ1v) is 4.97. The van der Waals surface area contributed by atoms with Crippen LogP contribution >= 0.6 is 11.6 Å². The zero-order valence-electron chi connectivity index (χ0n) is 8.24. The molecule has 0 aliphatic heterocycles. The minimum absolute atomic E-state index is 0.192. The Labute approximate surface area is 93.2 Å². The molecule has 1 aromatic carbocycles. The molecule has 0 amide bonds. The average molecular weight is 220 g/mol. The van der Waals surface area contributed by atoms with E-state index in [1.807, 2.05) is 19.1 Å². The van der Waals surface area contributed by atoms with Crippen molar-refractivity contribution in [2.45, 2.75) is 6.92 Å². The molecule has 0 saturated heterocycles. The van der Waals surface area contributed by atoms with Crippen molar-refractivity contribution >= 4 is 11.6 Å². The maximum Gasteiger partial charge on any atom is 0.125 e. The van der Waals surface area contributed by atoms with Gasteiger partial charge in [-0.1, -0.05) is 23.7 Å². The Bertz CT molecular complexity index is 497. The second-order valence-electron chi connectivity index (χ2n) is 3.31. The van der Waals surface area contributed by atoms with Gasteiger partial charge in [0.05, 0.1) is 10.7 Å². The fourth-order valence-corrected chi connectivity index (χ4v) is 1.62. The van der Waals surface area contributed by atoms with Gasteiger partial charge in [0.1, 0.15) is 5.75 Å². The first-order chi connectivity index (χ1) is 7.20. The summed E-state index contributed by atoms with van der Waals surface area (Å²) in [5, 5.41) is 10.3. The van der Waals surface area contributed by atoms with Gasteiger partial charge in [-0.25, -0.2) is 0 Å². The average Bonchev–Trinajstić information content (AvgIpc) is 2.23. The van der Waals surface area contributed by atoms with E-state index in [9.17, 15) is 5.11 Å². The number of aromatic hydroxyl groups is 1. The lowest BCUT2D eigenvalue weighted by atomic mass is 10.1. The highest BCUT2D eigenvalue weighted by atomic mass is 35.5. The molecule has 0 radical (unpaired) electrons. The van der Waals surface area contributed by atoms with Gasteiger partial charge in [-0.2, -0.15) is 0 Å². The van der Waals surface area contributed by atoms with Crippen molar-refractivity contribution in [2.24, 2.45) is 0 Å². The monoisotopic (exact) mass is 219 g/mol. The molecule has 0 aliphatic carbocycles. The van der Waals surface area contributed by atoms with Crippen LogP contribution in [0.2, 0.25) is 5.02 Å². The third kappa shape index (κ3) is 1.81. The number of pyridine rings is 1. The lowest BCUT2D eigenvalue weighted by molar-refractivity contribution is 0.477. The lowest BCUT2D eigenvalue weighted by Crippen LogP contribution is -1.87. The highest BCUT2D eigenvalue weighted by Crippen LogP contribution is 2.33. The van der Waals surface area contributed by atoms with Gasteiger partial charge in [-0.05, 0) is 30.7 Å². The van der Waals surface area contributed by atoms with Crippen LogP contribution in [0, 0.1) is 6.92 Å². The molecule has 15 heavy (non-hydrogen) atoms. The summed E-state index contributed by atoms with van der Waals surface area (Å²) in [7, 11) is 0. The quantitative estimate of drug-likeness (QED) is 0.797. The molecule has 2 aromatic rings. The van der Waals surface area contributed by atoms with Gasteiger partial charge in [0, 0.05) is 11.8 Å². The standard InChI is InChI=1S/C12H10ClNO/c1-8-6-7-14-12(11(8)13)9-4-2-3-5-10(9)15/h2-7,15H,1H3. The van der Waals surface area contributed by atoms with Crippen molar-refractivity contribution in [1.82, 2.24) is 4.98 Å². The van der Waals surface area contributed by atoms with Crippen molar-refractivity contribution in [1.29, 1.82) is 0 Å². The molecule has 0 spiro atoms. The number of para-hydroxylation sites is 1. The molecule has 2 rings (SSSR count). The van der Waals surface area contributed by atoms with E-state index < -0.39 is 0 Å². The Morgan fingerprint density at radius 1 is 1.20 bits per heavy atom. The summed E-state index contributed by atoms with van der Waals surface area (Å²) in [5.41, 5.74) is 2.23. The molecule has 1 N–H and O–H groups in total. The molecule has 1 aromatic heterocycles. The summed E-state index contributed by atoms with van der Waals surface area (Å²) < 4.78 is 0. The number of phenols is 1. The number of phenolic OH excluding ortho intramolecular Hbond substituents is 1. The van der Waals surface area contributed by atoms with Crippen molar-refractivity contribution in [2.75, 3.05) is 0 Å². The van der Waals surface area contributed by atoms with Gasteiger partial charge in [0.25, 0.3) is 0 Å². The third-order valence-corrected chi connectivity index (χ3v) is 2.72. The summed E-state index contributed by atoms with van der Waals surface area (Å²) in [6.45, 7) is 1.91. The van der Waals surface area contributed by atoms with Gasteiger partial charge in [-0.15, -0.1) is 0 Å². The predicted octanol–water partition coefficient (Wildman–Crippen LogP) is 3.42. The van der Waals surface area contributed by atoms with E-state index in [0.29, 0.717) is 16.3 Å². The van der Waals surface area contributed by atoms with Crippen molar-refractivity contribution in [3.05, 3.63) is 47.1 Å². The molecule has 0 aliphatic rings. The summed E-state index contributed by atoms with van der Waals surface area (Å²) >= 11 is 6.13. The number of hydrogen-bond donors (Lipinski definition) is 1. The minimum Gasteiger partial charge on any atom is -0.507 e. The van der Waals surface area contributed by atoms with E-state index in [0.717, 1.165) is 5.56 Å². The fourth-order valence-electron chi connectivity index (χ4n) is 1.40. The maximum absolute atomic E-state index is 9.68. The van der Waals surface area contributed by atoms with E-state index >= 15 is 0 Å². The molecule has 0 atom stereocenters. The number of rotatable bonds is 1. The van der Waals surface area contributed by atoms with Crippen LogP contribution in [0.15, 0.2) is 36.5 Å². The summed E-state index contributed by atoms with van der Waals surface area (Å²) in [5.74, 6) is 0.192. The van der Waals surface area contributed by atoms with E-state index in [1.165, 1.54) is 0 Å². The number of nitrogens with zero attached hydrogens (tertiary/aromatic N) is 1. The number of hydrogen-bond acceptors (Lipinski definition) is 2. The number of aryl methyl sites for hydroxylation is 1. The Morgan fingerprint density at radius 2 is 1.93 bits per heavy atom. The van der Waals surface area contributed by atoms with Gasteiger partial charge >= 0.3 is 0 Å². The lowest BCUT2D eigenvalue weighted by Gasteiger charge is -2.07. The molecule has 0 unspecified atom stereocenters. The van der Waals surface area contributed by atoms with Crippen LogP contribution in [0.3, 0.4) is 0 Å². The SMILES string of the molecule is Cc1ccnc(-c2ccccc2O)c1Cl. The summed E-state index contributed by atoms with van der Waals surface area (Å²) in [6, 6.07) is 8.86. The van der Waals surface area contributed by atoms with E-state index in [1.54, 1.807) is 24.4 Å². The molecule has 0 saturated carbocycles. The Morgan fingerprint density at radius 3 is 2.67 bits per heavy atom. The Balaban J connectivity index is 2.65. The van der Waals surface area contributed by atoms with Crippen LogP contribution < -0.4 is 0 Å². The van der Waals surface area contributed by atoms with E-state index in [-0.39, 0.29) is 5.75 Å². The maximum atomic E-state index is 9.68. The van der Waals surface area contributed by atoms with Crippen LogP contribution in [0.4, 0.5) is 0 Å². The van der Waals surface area contributed by atoms with Crippen LogP contribution in [-0.4, -0.2) is 10.1 Å². The smallest absolute Gasteiger partial charge is 0.125 e. The molecule has 1 heterocycles. The molecular weight excluding hydrogens is 210 g/mol. The number of benzene rings is 1. The summed E-state index contributed by atoms with van der Waals surface area (Å²) in [6.07, 6.45) is 1.68. The number of aromatic nitrogens is 1. The minimum atomic E-state index is 0.192. The number of halogens is 1. The van der Waals surface area contributed by atoms with Crippen molar-refractivity contribution < 1.29 is 5.11 Å². The third-order valence-electron chi connectivity index (χ3n) is 2.24. The fraction of sp³-hybridized carbons (Fsp3) is 0.0833. The molecule has 0 bridgehead atoms. The highest BCUT2D eigenvalue weighted by molar-refractivity contribution is 6.33. The zero-order valence-corrected chi connectivity index (χ0v) is 8.99. The van der Waals surface area contributed by atoms with Crippen LogP contribution in [0.25, 0.3) is 11.3 Å². The largest absolute Gasteiger partial charge is 0.507 e. The topological polar surface area (TPSA) is 33.1 Å². The van der Waals surface area contributed by atoms with Crippen molar-refractivity contribution in [3.63, 3.8) is 0 Å². The molecule has 76 valence electrons. The molecular formula is C12H10ClNO. The van der Waals surface area contributed by atoms with Gasteiger partial charge in [-0.3, -0.25) is 4.98 Å². The van der Waals surface area contributed by atoms with Crippen molar-refractivity contribution in [3.8, 4) is 17.0 Å². The summed E-state index contributed by atoms with van der Waals surface area (Å²) in [4.78, 5) is 4.18. The van der Waals surface area contributed by atoms with E-state index in [4.69, 9.17) is 11.6 Å². The normalized spacial score (nSPS) is 10.3. The van der Waals surface area contributed by atoms with Gasteiger partial charge in [0.15, 0.2) is 0 Å². The van der Waals surface area contributed by atoms with Gasteiger partial charge in [0.2, 0.25) is 0 Å².